The van der Waals surface area contributed by atoms with E-state index in [0.717, 1.165) is 0 Å². The maximum atomic E-state index is 12.6. The quantitative estimate of drug-likeness (QED) is 0.428. The summed E-state index contributed by atoms with van der Waals surface area (Å²) in [5.74, 6) is -2.12. The Morgan fingerprint density at radius 1 is 1.10 bits per heavy atom. The van der Waals surface area contributed by atoms with Crippen molar-refractivity contribution in [2.75, 3.05) is 7.11 Å². The Kier molecular flexibility index (Phi) is 3.89. The van der Waals surface area contributed by atoms with Crippen LogP contribution in [-0.2, 0) is 38.3 Å². The van der Waals surface area contributed by atoms with Gasteiger partial charge in [-0.15, -0.1) is 0 Å². The molecule has 0 N–H and O–H groups in total. The first-order chi connectivity index (χ1) is 13.7. The van der Waals surface area contributed by atoms with E-state index in [1.807, 2.05) is 18.2 Å². The Balaban J connectivity index is 1.57. The summed E-state index contributed by atoms with van der Waals surface area (Å²) in [6.45, 7) is 5.28. The fraction of sp³-hybridized carbons (Fsp3) is 0.524. The SMILES string of the molecule is COC(=O)[C@H](O[C@@H]1C2=CC(=O)[C@]3(C)O[C@@H]3[C@@]23OOC(C)(C)[C@@H]1O3)c1ccccc1. The molecule has 3 aliphatic heterocycles. The summed E-state index contributed by atoms with van der Waals surface area (Å²) in [6.07, 6.45) is -1.60. The van der Waals surface area contributed by atoms with Crippen LogP contribution in [0.4, 0.5) is 0 Å². The molecule has 3 fully saturated rings. The molecule has 0 saturated carbocycles. The van der Waals surface area contributed by atoms with E-state index in [-0.39, 0.29) is 5.78 Å². The maximum absolute atomic E-state index is 12.6. The van der Waals surface area contributed by atoms with Gasteiger partial charge in [0.2, 0.25) is 0 Å². The van der Waals surface area contributed by atoms with Gasteiger partial charge < -0.3 is 18.9 Å². The van der Waals surface area contributed by atoms with Crippen molar-refractivity contribution in [2.45, 2.75) is 62.2 Å². The average molecular weight is 402 g/mol. The number of hydrogen-bond donors (Lipinski definition) is 0. The lowest BCUT2D eigenvalue weighted by molar-refractivity contribution is -0.502. The Hall–Kier alpha value is -2.10. The number of fused-ring (bicyclic) bond motifs is 2. The number of ether oxygens (including phenoxy) is 4. The lowest BCUT2D eigenvalue weighted by atomic mass is 9.82. The van der Waals surface area contributed by atoms with Crippen LogP contribution in [0.25, 0.3) is 0 Å². The Morgan fingerprint density at radius 2 is 1.83 bits per heavy atom. The third-order valence-electron chi connectivity index (χ3n) is 6.08. The summed E-state index contributed by atoms with van der Waals surface area (Å²) in [6, 6.07) is 9.01. The highest BCUT2D eigenvalue weighted by molar-refractivity contribution is 6.02. The summed E-state index contributed by atoms with van der Waals surface area (Å²) in [5.41, 5.74) is -0.804. The van der Waals surface area contributed by atoms with Crippen LogP contribution in [0.15, 0.2) is 42.0 Å². The normalized spacial score (nSPS) is 39.8. The predicted octanol–water partition coefficient (Wildman–Crippen LogP) is 1.79. The minimum atomic E-state index is -1.37. The van der Waals surface area contributed by atoms with Gasteiger partial charge in [-0.25, -0.2) is 9.68 Å². The lowest BCUT2D eigenvalue weighted by Crippen LogP contribution is -2.55. The van der Waals surface area contributed by atoms with Crippen LogP contribution in [0.5, 0.6) is 0 Å². The molecule has 8 heteroatoms. The van der Waals surface area contributed by atoms with Crippen LogP contribution >= 0.6 is 0 Å². The minimum absolute atomic E-state index is 0.191. The summed E-state index contributed by atoms with van der Waals surface area (Å²) in [5, 5.41) is 0. The Bertz CT molecular complexity index is 909. The van der Waals surface area contributed by atoms with Gasteiger partial charge in [-0.05, 0) is 32.4 Å². The second-order valence-corrected chi connectivity index (χ2v) is 8.42. The molecule has 4 aliphatic rings. The number of carbonyl (C=O) groups excluding carboxylic acids is 2. The van der Waals surface area contributed by atoms with Gasteiger partial charge in [-0.3, -0.25) is 4.79 Å². The standard InChI is InChI=1S/C21H22O8/c1-19(2)16-15(25-14(17(23)24-4)11-8-6-5-7-9-11)12-10-13(22)20(3)18(27-20)21(12,26-16)29-28-19/h5-10,14-16,18H,1-4H3/t14-,15-,16-,18+,20+,21+/m1/s1. The number of ketones is 1. The molecule has 1 aliphatic carbocycles. The first-order valence-corrected chi connectivity index (χ1v) is 9.50. The molecule has 1 aromatic carbocycles. The van der Waals surface area contributed by atoms with Crippen LogP contribution in [0.2, 0.25) is 0 Å². The molecule has 1 aromatic rings. The first kappa shape index (κ1) is 18.9. The molecule has 1 spiro atoms. The van der Waals surface area contributed by atoms with Gasteiger partial charge >= 0.3 is 5.97 Å². The van der Waals surface area contributed by atoms with Crippen molar-refractivity contribution < 1.29 is 38.3 Å². The topological polar surface area (TPSA) is 92.8 Å². The smallest absolute Gasteiger partial charge is 0.339 e. The van der Waals surface area contributed by atoms with Gasteiger partial charge in [0, 0.05) is 5.57 Å². The largest absolute Gasteiger partial charge is 0.467 e. The van der Waals surface area contributed by atoms with Gasteiger partial charge in [-0.1, -0.05) is 30.3 Å². The van der Waals surface area contributed by atoms with E-state index < -0.39 is 47.4 Å². The summed E-state index contributed by atoms with van der Waals surface area (Å²) in [4.78, 5) is 36.5. The van der Waals surface area contributed by atoms with E-state index in [0.29, 0.717) is 11.1 Å². The van der Waals surface area contributed by atoms with Crippen molar-refractivity contribution in [2.24, 2.45) is 0 Å². The minimum Gasteiger partial charge on any atom is -0.467 e. The van der Waals surface area contributed by atoms with Crippen LogP contribution < -0.4 is 0 Å². The average Bonchev–Trinajstić information content (AvgIpc) is 3.35. The van der Waals surface area contributed by atoms with E-state index >= 15 is 0 Å². The molecule has 8 nitrogen and oxygen atoms in total. The van der Waals surface area contributed by atoms with Gasteiger partial charge in [0.05, 0.1) is 7.11 Å². The predicted molar refractivity (Wildman–Crippen MR) is 96.3 cm³/mol. The molecule has 3 heterocycles. The first-order valence-electron chi connectivity index (χ1n) is 9.50. The third kappa shape index (κ3) is 2.50. The number of rotatable bonds is 4. The number of methoxy groups -OCH3 is 1. The number of esters is 1. The zero-order valence-electron chi connectivity index (χ0n) is 16.5. The van der Waals surface area contributed by atoms with Gasteiger partial charge in [0.1, 0.15) is 17.8 Å². The van der Waals surface area contributed by atoms with E-state index in [2.05, 4.69) is 0 Å². The van der Waals surface area contributed by atoms with Gasteiger partial charge in [-0.2, -0.15) is 4.89 Å². The van der Waals surface area contributed by atoms with Crippen LogP contribution in [0.3, 0.4) is 0 Å². The number of carbonyl (C=O) groups is 2. The highest BCUT2D eigenvalue weighted by Gasteiger charge is 2.79. The second-order valence-electron chi connectivity index (χ2n) is 8.42. The molecule has 0 amide bonds. The lowest BCUT2D eigenvalue weighted by Gasteiger charge is -2.40. The second kappa shape index (κ2) is 5.96. The molecule has 0 radical (unpaired) electrons. The summed E-state index contributed by atoms with van der Waals surface area (Å²) < 4.78 is 23.2. The zero-order chi connectivity index (χ0) is 20.6. The van der Waals surface area contributed by atoms with E-state index in [9.17, 15) is 9.59 Å². The summed E-state index contributed by atoms with van der Waals surface area (Å²) >= 11 is 0. The molecule has 29 heavy (non-hydrogen) atoms. The molecule has 0 unspecified atom stereocenters. The van der Waals surface area contributed by atoms with Crippen LogP contribution in [-0.4, -0.2) is 54.2 Å². The molecule has 154 valence electrons. The molecule has 0 aromatic heterocycles. The molecule has 6 atom stereocenters. The van der Waals surface area contributed by atoms with Crippen molar-refractivity contribution in [1.82, 2.24) is 0 Å². The third-order valence-corrected chi connectivity index (χ3v) is 6.08. The number of epoxide rings is 1. The monoisotopic (exact) mass is 402 g/mol. The van der Waals surface area contributed by atoms with Gasteiger partial charge in [0.25, 0.3) is 5.79 Å². The van der Waals surface area contributed by atoms with Crippen LogP contribution in [0, 0.1) is 0 Å². The van der Waals surface area contributed by atoms with E-state index in [1.54, 1.807) is 32.9 Å². The fourth-order valence-electron chi connectivity index (χ4n) is 4.33. The Labute approximate surface area is 167 Å². The highest BCUT2D eigenvalue weighted by Crippen LogP contribution is 2.61. The Morgan fingerprint density at radius 3 is 2.52 bits per heavy atom. The van der Waals surface area contributed by atoms with E-state index in [1.165, 1.54) is 13.2 Å². The number of benzene rings is 1. The maximum Gasteiger partial charge on any atom is 0.339 e. The zero-order valence-corrected chi connectivity index (χ0v) is 16.5. The van der Waals surface area contributed by atoms with Crippen molar-refractivity contribution in [3.05, 3.63) is 47.5 Å². The summed E-state index contributed by atoms with van der Waals surface area (Å²) in [7, 11) is 1.30. The molecule has 2 bridgehead atoms. The molecular formula is C21H22O8. The van der Waals surface area contributed by atoms with Gasteiger partial charge in [0.15, 0.2) is 23.6 Å². The van der Waals surface area contributed by atoms with Crippen molar-refractivity contribution in [1.29, 1.82) is 0 Å². The molecular weight excluding hydrogens is 380 g/mol. The van der Waals surface area contributed by atoms with E-state index in [4.69, 9.17) is 28.7 Å². The van der Waals surface area contributed by atoms with Crippen molar-refractivity contribution in [3.8, 4) is 0 Å². The van der Waals surface area contributed by atoms with Crippen molar-refractivity contribution in [3.63, 3.8) is 0 Å². The number of hydrogen-bond acceptors (Lipinski definition) is 8. The molecule has 3 saturated heterocycles. The van der Waals surface area contributed by atoms with Crippen molar-refractivity contribution >= 4 is 11.8 Å². The fourth-order valence-corrected chi connectivity index (χ4v) is 4.33. The molecule has 5 rings (SSSR count). The highest BCUT2D eigenvalue weighted by atomic mass is 17.3. The van der Waals surface area contributed by atoms with Crippen LogP contribution in [0.1, 0.15) is 32.4 Å².